The third-order valence-corrected chi connectivity index (χ3v) is 4.01. The molecule has 0 saturated carbocycles. The van der Waals surface area contributed by atoms with Crippen LogP contribution < -0.4 is 0 Å². The number of pyridine rings is 1. The molecule has 1 N–H and O–H groups in total. The number of rotatable bonds is 5. The summed E-state index contributed by atoms with van der Waals surface area (Å²) >= 11 is 0. The molecule has 5 nitrogen and oxygen atoms in total. The van der Waals surface area contributed by atoms with Gasteiger partial charge in [0.1, 0.15) is 11.3 Å². The Balaban J connectivity index is 1.79. The van der Waals surface area contributed by atoms with E-state index >= 15 is 0 Å². The number of piperidine rings is 1. The van der Waals surface area contributed by atoms with Gasteiger partial charge in [0.25, 0.3) is 0 Å². The number of hydrogen-bond donors (Lipinski definition) is 1. The lowest BCUT2D eigenvalue weighted by Crippen LogP contribution is -2.32. The molecule has 0 radical (unpaired) electrons. The van der Waals surface area contributed by atoms with Crippen LogP contribution in [0.25, 0.3) is 11.2 Å². The van der Waals surface area contributed by atoms with Crippen molar-refractivity contribution in [2.45, 2.75) is 32.2 Å². The average molecular weight is 274 g/mol. The lowest BCUT2D eigenvalue weighted by atomic mass is 10.1. The molecular weight excluding hydrogens is 252 g/mol. The normalized spacial score (nSPS) is 16.9. The standard InChI is InChI=1S/C15H22N4O/c20-12-6-14-17-13-5-4-7-16-15(13)19(14)11-10-18-8-2-1-3-9-18/h4-5,7,20H,1-3,6,8-12H2. The van der Waals surface area contributed by atoms with E-state index < -0.39 is 0 Å². The van der Waals surface area contributed by atoms with E-state index in [2.05, 4.69) is 19.4 Å². The molecule has 0 spiro atoms. The minimum atomic E-state index is 0.132. The second-order valence-electron chi connectivity index (χ2n) is 5.40. The number of aliphatic hydroxyl groups is 1. The Bertz CT molecular complexity index is 560. The molecule has 0 unspecified atom stereocenters. The van der Waals surface area contributed by atoms with Crippen LogP contribution in [0.1, 0.15) is 25.1 Å². The highest BCUT2D eigenvalue weighted by atomic mass is 16.3. The van der Waals surface area contributed by atoms with E-state index in [1.807, 2.05) is 18.3 Å². The molecule has 1 saturated heterocycles. The Hall–Kier alpha value is -1.46. The highest BCUT2D eigenvalue weighted by Crippen LogP contribution is 2.15. The van der Waals surface area contributed by atoms with Crippen molar-refractivity contribution < 1.29 is 5.11 Å². The van der Waals surface area contributed by atoms with Crippen LogP contribution >= 0.6 is 0 Å². The fourth-order valence-corrected chi connectivity index (χ4v) is 2.96. The number of imidazole rings is 1. The maximum absolute atomic E-state index is 9.20. The van der Waals surface area contributed by atoms with Crippen LogP contribution in [0.15, 0.2) is 18.3 Å². The second kappa shape index (κ2) is 6.33. The predicted octanol–water partition coefficient (Wildman–Crippen LogP) is 1.45. The van der Waals surface area contributed by atoms with E-state index in [9.17, 15) is 5.11 Å². The Morgan fingerprint density at radius 3 is 2.80 bits per heavy atom. The molecule has 1 aliphatic rings. The Labute approximate surface area is 119 Å². The molecule has 0 amide bonds. The minimum absolute atomic E-state index is 0.132. The maximum Gasteiger partial charge on any atom is 0.160 e. The van der Waals surface area contributed by atoms with Gasteiger partial charge in [-0.3, -0.25) is 0 Å². The van der Waals surface area contributed by atoms with Gasteiger partial charge in [-0.2, -0.15) is 0 Å². The third-order valence-electron chi connectivity index (χ3n) is 4.01. The number of hydrogen-bond acceptors (Lipinski definition) is 4. The van der Waals surface area contributed by atoms with Gasteiger partial charge in [-0.15, -0.1) is 0 Å². The zero-order chi connectivity index (χ0) is 13.8. The quantitative estimate of drug-likeness (QED) is 0.896. The highest BCUT2D eigenvalue weighted by Gasteiger charge is 2.14. The first-order chi connectivity index (χ1) is 9.88. The molecular formula is C15H22N4O. The lowest BCUT2D eigenvalue weighted by Gasteiger charge is -2.26. The maximum atomic E-state index is 9.20. The predicted molar refractivity (Wildman–Crippen MR) is 78.6 cm³/mol. The van der Waals surface area contributed by atoms with Crippen LogP contribution in [0.2, 0.25) is 0 Å². The zero-order valence-corrected chi connectivity index (χ0v) is 11.8. The van der Waals surface area contributed by atoms with Gasteiger partial charge in [0.05, 0.1) is 6.61 Å². The molecule has 1 fully saturated rings. The number of fused-ring (bicyclic) bond motifs is 1. The van der Waals surface area contributed by atoms with Crippen LogP contribution in [0.4, 0.5) is 0 Å². The Kier molecular flexibility index (Phi) is 4.28. The summed E-state index contributed by atoms with van der Waals surface area (Å²) in [5, 5.41) is 9.20. The molecule has 0 atom stereocenters. The summed E-state index contributed by atoms with van der Waals surface area (Å²) in [6.07, 6.45) is 6.39. The monoisotopic (exact) mass is 274 g/mol. The van der Waals surface area contributed by atoms with Gasteiger partial charge in [0, 0.05) is 25.7 Å². The minimum Gasteiger partial charge on any atom is -0.396 e. The van der Waals surface area contributed by atoms with Crippen molar-refractivity contribution >= 4 is 11.2 Å². The van der Waals surface area contributed by atoms with Gasteiger partial charge in [-0.25, -0.2) is 9.97 Å². The molecule has 2 aromatic heterocycles. The number of aliphatic hydroxyl groups excluding tert-OH is 1. The number of likely N-dealkylation sites (tertiary alicyclic amines) is 1. The highest BCUT2D eigenvalue weighted by molar-refractivity contribution is 5.71. The van der Waals surface area contributed by atoms with Gasteiger partial charge >= 0.3 is 0 Å². The van der Waals surface area contributed by atoms with E-state index in [1.54, 1.807) is 0 Å². The summed E-state index contributed by atoms with van der Waals surface area (Å²) in [6, 6.07) is 3.90. The molecule has 0 bridgehead atoms. The third kappa shape index (κ3) is 2.83. The van der Waals surface area contributed by atoms with Crippen LogP contribution in [-0.2, 0) is 13.0 Å². The van der Waals surface area contributed by atoms with E-state index in [4.69, 9.17) is 0 Å². The van der Waals surface area contributed by atoms with Gasteiger partial charge in [-0.05, 0) is 38.1 Å². The summed E-state index contributed by atoms with van der Waals surface area (Å²) in [7, 11) is 0. The van der Waals surface area contributed by atoms with Crippen molar-refractivity contribution in [3.05, 3.63) is 24.2 Å². The largest absolute Gasteiger partial charge is 0.396 e. The molecule has 0 aromatic carbocycles. The zero-order valence-electron chi connectivity index (χ0n) is 11.8. The van der Waals surface area contributed by atoms with Crippen LogP contribution in [0.5, 0.6) is 0 Å². The molecule has 1 aliphatic heterocycles. The number of aromatic nitrogens is 3. The first-order valence-corrected chi connectivity index (χ1v) is 7.52. The van der Waals surface area contributed by atoms with Crippen LogP contribution in [-0.4, -0.2) is 50.8 Å². The average Bonchev–Trinajstić information content (AvgIpc) is 2.84. The molecule has 5 heteroatoms. The molecule has 3 rings (SSSR count). The van der Waals surface area contributed by atoms with Gasteiger partial charge < -0.3 is 14.6 Å². The second-order valence-corrected chi connectivity index (χ2v) is 5.40. The Morgan fingerprint density at radius 2 is 2.00 bits per heavy atom. The summed E-state index contributed by atoms with van der Waals surface area (Å²) in [5.74, 6) is 0.943. The first-order valence-electron chi connectivity index (χ1n) is 7.52. The van der Waals surface area contributed by atoms with Crippen molar-refractivity contribution in [3.8, 4) is 0 Å². The number of nitrogens with zero attached hydrogens (tertiary/aromatic N) is 4. The summed E-state index contributed by atoms with van der Waals surface area (Å²) in [4.78, 5) is 11.6. The van der Waals surface area contributed by atoms with E-state index in [0.717, 1.165) is 30.1 Å². The smallest absolute Gasteiger partial charge is 0.160 e. The van der Waals surface area contributed by atoms with E-state index in [-0.39, 0.29) is 6.61 Å². The molecule has 3 heterocycles. The summed E-state index contributed by atoms with van der Waals surface area (Å²) < 4.78 is 2.17. The van der Waals surface area contributed by atoms with Gasteiger partial charge in [0.15, 0.2) is 5.65 Å². The van der Waals surface area contributed by atoms with Crippen molar-refractivity contribution in [1.82, 2.24) is 19.4 Å². The van der Waals surface area contributed by atoms with Gasteiger partial charge in [0.2, 0.25) is 0 Å². The summed E-state index contributed by atoms with van der Waals surface area (Å²) in [6.45, 7) is 4.49. The van der Waals surface area contributed by atoms with E-state index in [0.29, 0.717) is 6.42 Å². The lowest BCUT2D eigenvalue weighted by molar-refractivity contribution is 0.220. The van der Waals surface area contributed by atoms with Crippen LogP contribution in [0, 0.1) is 0 Å². The molecule has 20 heavy (non-hydrogen) atoms. The molecule has 108 valence electrons. The fraction of sp³-hybridized carbons (Fsp3) is 0.600. The fourth-order valence-electron chi connectivity index (χ4n) is 2.96. The van der Waals surface area contributed by atoms with E-state index in [1.165, 1.54) is 32.4 Å². The topological polar surface area (TPSA) is 54.2 Å². The van der Waals surface area contributed by atoms with Crippen molar-refractivity contribution in [2.24, 2.45) is 0 Å². The Morgan fingerprint density at radius 1 is 1.15 bits per heavy atom. The van der Waals surface area contributed by atoms with Crippen molar-refractivity contribution in [1.29, 1.82) is 0 Å². The molecule has 2 aromatic rings. The van der Waals surface area contributed by atoms with Crippen molar-refractivity contribution in [2.75, 3.05) is 26.2 Å². The van der Waals surface area contributed by atoms with Crippen molar-refractivity contribution in [3.63, 3.8) is 0 Å². The summed E-state index contributed by atoms with van der Waals surface area (Å²) in [5.41, 5.74) is 1.86. The SMILES string of the molecule is OCCc1nc2cccnc2n1CCN1CCCCC1. The molecule has 0 aliphatic carbocycles. The van der Waals surface area contributed by atoms with Crippen LogP contribution in [0.3, 0.4) is 0 Å². The van der Waals surface area contributed by atoms with Gasteiger partial charge in [-0.1, -0.05) is 6.42 Å². The first kappa shape index (κ1) is 13.5.